The Labute approximate surface area is 134 Å². The summed E-state index contributed by atoms with van der Waals surface area (Å²) in [5, 5.41) is 6.84. The number of rotatable bonds is 5. The van der Waals surface area contributed by atoms with E-state index in [-0.39, 0.29) is 24.0 Å². The minimum absolute atomic E-state index is 0. The van der Waals surface area contributed by atoms with Crippen molar-refractivity contribution in [1.82, 2.24) is 10.6 Å². The lowest BCUT2D eigenvalue weighted by Crippen LogP contribution is -2.38. The summed E-state index contributed by atoms with van der Waals surface area (Å²) in [5.74, 6) is 4.14. The van der Waals surface area contributed by atoms with Crippen molar-refractivity contribution in [3.05, 3.63) is 0 Å². The first-order valence-electron chi connectivity index (χ1n) is 7.90. The lowest BCUT2D eigenvalue weighted by Gasteiger charge is -2.20. The Morgan fingerprint density at radius 3 is 2.58 bits per heavy atom. The molecule has 3 unspecified atom stereocenters. The zero-order chi connectivity index (χ0) is 12.4. The Hall–Kier alpha value is 0. The van der Waals surface area contributed by atoms with Crippen molar-refractivity contribution < 1.29 is 0 Å². The highest BCUT2D eigenvalue weighted by molar-refractivity contribution is 14.0. The van der Waals surface area contributed by atoms with Crippen LogP contribution in [0.1, 0.15) is 51.9 Å². The topological polar surface area (TPSA) is 36.4 Å². The second-order valence-corrected chi connectivity index (χ2v) is 6.40. The first-order valence-corrected chi connectivity index (χ1v) is 7.90. The summed E-state index contributed by atoms with van der Waals surface area (Å²) in [5.41, 5.74) is 0. The van der Waals surface area contributed by atoms with Crippen molar-refractivity contribution in [1.29, 1.82) is 0 Å². The second kappa shape index (κ2) is 7.14. The molecule has 110 valence electrons. The van der Waals surface area contributed by atoms with Crippen molar-refractivity contribution in [3.8, 4) is 0 Å². The second-order valence-electron chi connectivity index (χ2n) is 6.40. The van der Waals surface area contributed by atoms with Gasteiger partial charge in [0.05, 0.1) is 0 Å². The van der Waals surface area contributed by atoms with Crippen LogP contribution in [0, 0.1) is 17.8 Å². The van der Waals surface area contributed by atoms with E-state index in [2.05, 4.69) is 17.6 Å². The van der Waals surface area contributed by atoms with Crippen molar-refractivity contribution in [3.63, 3.8) is 0 Å². The third-order valence-electron chi connectivity index (χ3n) is 4.92. The quantitative estimate of drug-likeness (QED) is 0.439. The van der Waals surface area contributed by atoms with Gasteiger partial charge in [0, 0.05) is 19.1 Å². The molecule has 0 saturated heterocycles. The number of halogens is 1. The Bertz CT molecular complexity index is 315. The summed E-state index contributed by atoms with van der Waals surface area (Å²) >= 11 is 0. The maximum Gasteiger partial charge on any atom is 0.191 e. The van der Waals surface area contributed by atoms with Gasteiger partial charge in [-0.25, -0.2) is 0 Å². The number of nitrogens with zero attached hydrogens (tertiary/aromatic N) is 1. The molecule has 19 heavy (non-hydrogen) atoms. The summed E-state index contributed by atoms with van der Waals surface area (Å²) in [6.45, 7) is 4.11. The maximum atomic E-state index is 4.74. The molecule has 3 aliphatic carbocycles. The van der Waals surface area contributed by atoms with Crippen LogP contribution in [-0.2, 0) is 0 Å². The van der Waals surface area contributed by atoms with Crippen LogP contribution < -0.4 is 10.6 Å². The Kier molecular flexibility index (Phi) is 5.78. The van der Waals surface area contributed by atoms with Gasteiger partial charge in [0.15, 0.2) is 5.96 Å². The third kappa shape index (κ3) is 4.23. The summed E-state index contributed by atoms with van der Waals surface area (Å²) in [4.78, 5) is 4.74. The van der Waals surface area contributed by atoms with Crippen molar-refractivity contribution >= 4 is 29.9 Å². The molecule has 3 saturated carbocycles. The molecule has 2 N–H and O–H groups in total. The molecule has 3 rings (SSSR count). The Balaban J connectivity index is 0.00000133. The van der Waals surface area contributed by atoms with Crippen LogP contribution in [0.3, 0.4) is 0 Å². The highest BCUT2D eigenvalue weighted by Crippen LogP contribution is 2.49. The van der Waals surface area contributed by atoms with Crippen LogP contribution >= 0.6 is 24.0 Å². The molecule has 0 radical (unpaired) electrons. The monoisotopic (exact) mass is 377 g/mol. The van der Waals surface area contributed by atoms with Gasteiger partial charge in [0.2, 0.25) is 0 Å². The van der Waals surface area contributed by atoms with Gasteiger partial charge in [-0.2, -0.15) is 0 Å². The molecule has 0 spiro atoms. The van der Waals surface area contributed by atoms with E-state index >= 15 is 0 Å². The van der Waals surface area contributed by atoms with Crippen LogP contribution in [-0.4, -0.2) is 25.1 Å². The van der Waals surface area contributed by atoms with Crippen molar-refractivity contribution in [2.75, 3.05) is 13.1 Å². The maximum absolute atomic E-state index is 4.74. The number of guanidine groups is 1. The molecule has 0 aromatic carbocycles. The van der Waals surface area contributed by atoms with Gasteiger partial charge in [0.1, 0.15) is 0 Å². The first kappa shape index (κ1) is 15.4. The lowest BCUT2D eigenvalue weighted by atomic mass is 9.86. The fraction of sp³-hybridized carbons (Fsp3) is 0.933. The fourth-order valence-electron chi connectivity index (χ4n) is 3.81. The smallest absolute Gasteiger partial charge is 0.191 e. The summed E-state index contributed by atoms with van der Waals surface area (Å²) < 4.78 is 0. The van der Waals surface area contributed by atoms with Gasteiger partial charge >= 0.3 is 0 Å². The number of nitrogens with one attached hydrogen (secondary N) is 2. The van der Waals surface area contributed by atoms with Gasteiger partial charge in [-0.3, -0.25) is 4.99 Å². The highest BCUT2D eigenvalue weighted by atomic mass is 127. The number of hydrogen-bond donors (Lipinski definition) is 2. The van der Waals surface area contributed by atoms with Crippen LogP contribution in [0.25, 0.3) is 0 Å². The molecule has 3 nitrogen and oxygen atoms in total. The first-order chi connectivity index (χ1) is 8.85. The van der Waals surface area contributed by atoms with E-state index in [0.717, 1.165) is 36.8 Å². The molecule has 2 bridgehead atoms. The standard InChI is InChI=1S/C15H27N3.HI/c1-2-16-15(18-14-5-6-14)17-8-7-13-10-11-3-4-12(13)9-11;/h11-14H,2-10H2,1H3,(H2,16,17,18);1H. The average molecular weight is 377 g/mol. The largest absolute Gasteiger partial charge is 0.357 e. The van der Waals surface area contributed by atoms with E-state index in [1.807, 2.05) is 0 Å². The normalized spacial score (nSPS) is 33.1. The minimum atomic E-state index is 0. The van der Waals surface area contributed by atoms with Crippen LogP contribution in [0.5, 0.6) is 0 Å². The van der Waals surface area contributed by atoms with Crippen molar-refractivity contribution in [2.45, 2.75) is 57.9 Å². The zero-order valence-electron chi connectivity index (χ0n) is 12.0. The zero-order valence-corrected chi connectivity index (χ0v) is 14.4. The average Bonchev–Trinajstić information content (AvgIpc) is 2.94. The van der Waals surface area contributed by atoms with E-state index < -0.39 is 0 Å². The molecule has 3 aliphatic rings. The molecule has 0 aromatic heterocycles. The van der Waals surface area contributed by atoms with Gasteiger partial charge in [0.25, 0.3) is 0 Å². The molecule has 3 atom stereocenters. The number of aliphatic imine (C=N–C) groups is 1. The van der Waals surface area contributed by atoms with E-state index in [9.17, 15) is 0 Å². The van der Waals surface area contributed by atoms with Crippen LogP contribution in [0.2, 0.25) is 0 Å². The molecule has 0 aromatic rings. The summed E-state index contributed by atoms with van der Waals surface area (Å²) in [6.07, 6.45) is 9.97. The Morgan fingerprint density at radius 1 is 1.16 bits per heavy atom. The van der Waals surface area contributed by atoms with E-state index in [1.54, 1.807) is 0 Å². The molecule has 0 heterocycles. The predicted molar refractivity (Wildman–Crippen MR) is 91.1 cm³/mol. The summed E-state index contributed by atoms with van der Waals surface area (Å²) in [6, 6.07) is 0.699. The molecule has 0 aliphatic heterocycles. The lowest BCUT2D eigenvalue weighted by molar-refractivity contribution is 0.318. The number of fused-ring (bicyclic) bond motifs is 2. The predicted octanol–water partition coefficient (Wildman–Crippen LogP) is 3.15. The van der Waals surface area contributed by atoms with Gasteiger partial charge in [-0.05, 0) is 63.2 Å². The third-order valence-corrected chi connectivity index (χ3v) is 4.92. The van der Waals surface area contributed by atoms with Crippen molar-refractivity contribution in [2.24, 2.45) is 22.7 Å². The minimum Gasteiger partial charge on any atom is -0.357 e. The molecular weight excluding hydrogens is 349 g/mol. The van der Waals surface area contributed by atoms with E-state index in [0.29, 0.717) is 6.04 Å². The SMILES string of the molecule is CCNC(=NCCC1CC2CCC1C2)NC1CC1.I. The van der Waals surface area contributed by atoms with E-state index in [1.165, 1.54) is 44.9 Å². The van der Waals surface area contributed by atoms with Gasteiger partial charge < -0.3 is 10.6 Å². The molecule has 3 fully saturated rings. The van der Waals surface area contributed by atoms with Crippen LogP contribution in [0.15, 0.2) is 4.99 Å². The fourth-order valence-corrected chi connectivity index (χ4v) is 3.81. The molecule has 0 amide bonds. The van der Waals surface area contributed by atoms with E-state index in [4.69, 9.17) is 4.99 Å². The molecule has 4 heteroatoms. The summed E-state index contributed by atoms with van der Waals surface area (Å²) in [7, 11) is 0. The highest BCUT2D eigenvalue weighted by Gasteiger charge is 2.38. The molecular formula is C15H28IN3. The Morgan fingerprint density at radius 2 is 2.00 bits per heavy atom. The van der Waals surface area contributed by atoms with Gasteiger partial charge in [-0.1, -0.05) is 6.42 Å². The number of hydrogen-bond acceptors (Lipinski definition) is 1. The van der Waals surface area contributed by atoms with Gasteiger partial charge in [-0.15, -0.1) is 24.0 Å². The van der Waals surface area contributed by atoms with Crippen LogP contribution in [0.4, 0.5) is 0 Å².